The molecular weight excluding hydrogens is 324 g/mol. The summed E-state index contributed by atoms with van der Waals surface area (Å²) >= 11 is 0. The van der Waals surface area contributed by atoms with Crippen molar-refractivity contribution in [2.45, 2.75) is 84.7 Å². The number of benzene rings is 1. The van der Waals surface area contributed by atoms with Gasteiger partial charge in [0.25, 0.3) is 0 Å². The summed E-state index contributed by atoms with van der Waals surface area (Å²) in [6, 6.07) is 5.37. The summed E-state index contributed by atoms with van der Waals surface area (Å²) in [5.74, 6) is 1.30. The Morgan fingerprint density at radius 2 is 1.23 bits per heavy atom. The maximum absolute atomic E-state index is 11.2. The van der Waals surface area contributed by atoms with Gasteiger partial charge in [0.05, 0.1) is 12.5 Å². The maximum atomic E-state index is 11.2. The summed E-state index contributed by atoms with van der Waals surface area (Å²) in [6.07, 6.45) is 19.5. The zero-order valence-electron chi connectivity index (χ0n) is 16.5. The highest BCUT2D eigenvalue weighted by atomic mass is 16.5. The van der Waals surface area contributed by atoms with Gasteiger partial charge in [-0.1, -0.05) is 52.4 Å². The smallest absolute Gasteiger partial charge is 0.130 e. The monoisotopic (exact) mass is 359 g/mol. The van der Waals surface area contributed by atoms with E-state index < -0.39 is 0 Å². The number of unbranched alkanes of at least 4 members (excludes halogenated alkanes) is 8. The lowest BCUT2D eigenvalue weighted by Gasteiger charge is -2.07. The SMILES string of the molecule is CCCCCCC=COc1cc(C[O])cc(OC=CCCCCCC)c1. The number of hydrogen-bond acceptors (Lipinski definition) is 2. The Kier molecular flexibility index (Phi) is 13.3. The Morgan fingerprint density at radius 3 is 1.65 bits per heavy atom. The largest absolute Gasteiger partial charge is 0.465 e. The molecule has 0 atom stereocenters. The van der Waals surface area contributed by atoms with Gasteiger partial charge in [-0.25, -0.2) is 5.11 Å². The lowest BCUT2D eigenvalue weighted by atomic mass is 10.1. The molecule has 1 radical (unpaired) electrons. The van der Waals surface area contributed by atoms with Crippen LogP contribution in [0.2, 0.25) is 0 Å². The molecule has 0 aromatic heterocycles. The minimum atomic E-state index is -0.283. The highest BCUT2D eigenvalue weighted by Gasteiger charge is 2.02. The molecular formula is C23H35O3. The van der Waals surface area contributed by atoms with Crippen LogP contribution in [0, 0.1) is 0 Å². The number of allylic oxidation sites excluding steroid dienone is 2. The van der Waals surface area contributed by atoms with E-state index >= 15 is 0 Å². The van der Waals surface area contributed by atoms with Crippen LogP contribution in [0.1, 0.15) is 83.6 Å². The molecule has 0 aliphatic carbocycles. The van der Waals surface area contributed by atoms with E-state index in [1.165, 1.54) is 51.4 Å². The Labute approximate surface area is 159 Å². The molecule has 145 valence electrons. The maximum Gasteiger partial charge on any atom is 0.130 e. The molecule has 0 saturated heterocycles. The molecule has 1 aromatic rings. The van der Waals surface area contributed by atoms with Crippen molar-refractivity contribution in [2.24, 2.45) is 0 Å². The van der Waals surface area contributed by atoms with Crippen molar-refractivity contribution in [1.29, 1.82) is 0 Å². The molecule has 3 heteroatoms. The molecule has 0 heterocycles. The van der Waals surface area contributed by atoms with Crippen LogP contribution in [-0.2, 0) is 11.7 Å². The third kappa shape index (κ3) is 11.0. The average Bonchev–Trinajstić information content (AvgIpc) is 2.66. The van der Waals surface area contributed by atoms with Gasteiger partial charge in [0.2, 0.25) is 0 Å². The molecule has 0 spiro atoms. The van der Waals surface area contributed by atoms with Gasteiger partial charge in [0.1, 0.15) is 18.1 Å². The van der Waals surface area contributed by atoms with Crippen molar-refractivity contribution in [3.05, 3.63) is 48.4 Å². The second-order valence-corrected chi connectivity index (χ2v) is 6.63. The molecule has 0 bridgehead atoms. The summed E-state index contributed by atoms with van der Waals surface area (Å²) in [5.41, 5.74) is 0.671. The molecule has 0 amide bonds. The first-order valence-electron chi connectivity index (χ1n) is 10.2. The van der Waals surface area contributed by atoms with Crippen LogP contribution >= 0.6 is 0 Å². The highest BCUT2D eigenvalue weighted by Crippen LogP contribution is 2.24. The highest BCUT2D eigenvalue weighted by molar-refractivity contribution is 5.39. The molecule has 0 unspecified atom stereocenters. The third-order valence-electron chi connectivity index (χ3n) is 4.16. The zero-order valence-corrected chi connectivity index (χ0v) is 16.5. The van der Waals surface area contributed by atoms with Crippen LogP contribution in [0.25, 0.3) is 0 Å². The number of rotatable bonds is 15. The quantitative estimate of drug-likeness (QED) is 0.243. The molecule has 26 heavy (non-hydrogen) atoms. The van der Waals surface area contributed by atoms with Crippen molar-refractivity contribution < 1.29 is 14.6 Å². The lowest BCUT2D eigenvalue weighted by molar-refractivity contribution is 0.177. The second-order valence-electron chi connectivity index (χ2n) is 6.63. The molecule has 0 N–H and O–H groups in total. The zero-order chi connectivity index (χ0) is 18.9. The number of ether oxygens (including phenoxy) is 2. The molecule has 3 nitrogen and oxygen atoms in total. The van der Waals surface area contributed by atoms with Gasteiger partial charge in [0.15, 0.2) is 0 Å². The van der Waals surface area contributed by atoms with Gasteiger partial charge in [0, 0.05) is 6.07 Å². The average molecular weight is 360 g/mol. The van der Waals surface area contributed by atoms with Crippen LogP contribution < -0.4 is 9.47 Å². The first kappa shape index (κ1) is 22.3. The predicted molar refractivity (Wildman–Crippen MR) is 108 cm³/mol. The van der Waals surface area contributed by atoms with Crippen molar-refractivity contribution in [3.8, 4) is 11.5 Å². The van der Waals surface area contributed by atoms with Crippen molar-refractivity contribution in [2.75, 3.05) is 0 Å². The standard InChI is InChI=1S/C23H35O3/c1-3-5-7-9-11-13-15-25-22-17-21(20-24)18-23(19-22)26-16-14-12-10-8-6-4-2/h13-19H,3-12,20H2,1-2H3. The lowest BCUT2D eigenvalue weighted by Crippen LogP contribution is -1.90. The Hall–Kier alpha value is -1.74. The molecule has 1 aromatic carbocycles. The molecule has 0 aliphatic heterocycles. The van der Waals surface area contributed by atoms with E-state index in [2.05, 4.69) is 13.8 Å². The number of hydrogen-bond donors (Lipinski definition) is 0. The van der Waals surface area contributed by atoms with Crippen LogP contribution in [-0.4, -0.2) is 0 Å². The molecule has 0 saturated carbocycles. The fraction of sp³-hybridized carbons (Fsp3) is 0.565. The second kappa shape index (κ2) is 15.5. The molecule has 0 aliphatic rings. The van der Waals surface area contributed by atoms with Crippen molar-refractivity contribution in [1.82, 2.24) is 0 Å². The van der Waals surface area contributed by atoms with Crippen molar-refractivity contribution in [3.63, 3.8) is 0 Å². The van der Waals surface area contributed by atoms with Crippen LogP contribution in [0.5, 0.6) is 11.5 Å². The predicted octanol–water partition coefficient (Wildman–Crippen LogP) is 7.34. The first-order valence-corrected chi connectivity index (χ1v) is 10.2. The molecule has 1 rings (SSSR count). The summed E-state index contributed by atoms with van der Waals surface area (Å²) in [4.78, 5) is 0. The van der Waals surface area contributed by atoms with Gasteiger partial charge in [-0.3, -0.25) is 0 Å². The van der Waals surface area contributed by atoms with Gasteiger partial charge >= 0.3 is 0 Å². The van der Waals surface area contributed by atoms with E-state index in [0.717, 1.165) is 12.8 Å². The summed E-state index contributed by atoms with van der Waals surface area (Å²) < 4.78 is 11.3. The normalized spacial score (nSPS) is 11.5. The van der Waals surface area contributed by atoms with Crippen molar-refractivity contribution >= 4 is 0 Å². The van der Waals surface area contributed by atoms with Crippen LogP contribution in [0.4, 0.5) is 0 Å². The third-order valence-corrected chi connectivity index (χ3v) is 4.16. The van der Waals surface area contributed by atoms with E-state index in [-0.39, 0.29) is 6.61 Å². The van der Waals surface area contributed by atoms with Gasteiger partial charge in [-0.2, -0.15) is 0 Å². The topological polar surface area (TPSA) is 38.4 Å². The first-order chi connectivity index (χ1) is 12.8. The fourth-order valence-electron chi connectivity index (χ4n) is 2.62. The Bertz CT molecular complexity index is 478. The molecule has 0 fully saturated rings. The van der Waals surface area contributed by atoms with Crippen LogP contribution in [0.15, 0.2) is 42.9 Å². The van der Waals surface area contributed by atoms with Gasteiger partial charge in [-0.15, -0.1) is 0 Å². The fourth-order valence-corrected chi connectivity index (χ4v) is 2.62. The summed E-state index contributed by atoms with van der Waals surface area (Å²) in [7, 11) is 0. The summed E-state index contributed by atoms with van der Waals surface area (Å²) in [6.45, 7) is 4.14. The van der Waals surface area contributed by atoms with Gasteiger partial charge < -0.3 is 9.47 Å². The van der Waals surface area contributed by atoms with E-state index in [1.54, 1.807) is 24.7 Å². The summed E-state index contributed by atoms with van der Waals surface area (Å²) in [5, 5.41) is 11.2. The van der Waals surface area contributed by atoms with E-state index in [0.29, 0.717) is 17.1 Å². The van der Waals surface area contributed by atoms with Crippen LogP contribution in [0.3, 0.4) is 0 Å². The van der Waals surface area contributed by atoms with E-state index in [1.807, 2.05) is 18.2 Å². The Morgan fingerprint density at radius 1 is 0.731 bits per heavy atom. The minimum absolute atomic E-state index is 0.283. The van der Waals surface area contributed by atoms with Gasteiger partial charge in [-0.05, 0) is 55.5 Å². The Balaban J connectivity index is 2.43. The van der Waals surface area contributed by atoms with E-state index in [4.69, 9.17) is 9.47 Å². The minimum Gasteiger partial charge on any atom is -0.465 e. The van der Waals surface area contributed by atoms with E-state index in [9.17, 15) is 5.11 Å².